The number of carbonyl (C=O) groups excluding carboxylic acids is 1. The summed E-state index contributed by atoms with van der Waals surface area (Å²) in [5.74, 6) is 0.778. The van der Waals surface area contributed by atoms with Crippen LogP contribution >= 0.6 is 0 Å². The van der Waals surface area contributed by atoms with E-state index in [1.807, 2.05) is 4.90 Å². The van der Waals surface area contributed by atoms with Crippen molar-refractivity contribution in [1.29, 1.82) is 0 Å². The molecule has 0 aromatic rings. The quantitative estimate of drug-likeness (QED) is 0.732. The molecule has 0 bridgehead atoms. The van der Waals surface area contributed by atoms with Gasteiger partial charge in [0.25, 0.3) is 0 Å². The van der Waals surface area contributed by atoms with Crippen LogP contribution in [0.25, 0.3) is 0 Å². The molecule has 0 radical (unpaired) electrons. The first kappa shape index (κ1) is 10.9. The lowest BCUT2D eigenvalue weighted by Crippen LogP contribution is -2.39. The van der Waals surface area contributed by atoms with Gasteiger partial charge in [-0.25, -0.2) is 0 Å². The Morgan fingerprint density at radius 3 is 2.60 bits per heavy atom. The molecule has 1 aliphatic carbocycles. The first-order chi connectivity index (χ1) is 7.29. The second kappa shape index (κ2) is 4.94. The molecule has 86 valence electrons. The van der Waals surface area contributed by atoms with Gasteiger partial charge >= 0.3 is 0 Å². The number of hydrogen-bond donors (Lipinski definition) is 1. The normalized spacial score (nSPS) is 30.3. The Balaban J connectivity index is 1.59. The van der Waals surface area contributed by atoms with Gasteiger partial charge in [-0.3, -0.25) is 4.79 Å². The van der Waals surface area contributed by atoms with Crippen LogP contribution in [-0.2, 0) is 9.53 Å². The van der Waals surface area contributed by atoms with Gasteiger partial charge in [0.1, 0.15) is 6.61 Å². The smallest absolute Gasteiger partial charge is 0.248 e. The minimum Gasteiger partial charge on any atom is -0.368 e. The van der Waals surface area contributed by atoms with Crippen LogP contribution < -0.4 is 5.73 Å². The molecule has 1 saturated carbocycles. The summed E-state index contributed by atoms with van der Waals surface area (Å²) in [7, 11) is 0. The zero-order valence-electron chi connectivity index (χ0n) is 9.15. The number of amides is 1. The van der Waals surface area contributed by atoms with Crippen molar-refractivity contribution >= 4 is 5.91 Å². The molecular weight excluding hydrogens is 192 g/mol. The molecule has 0 spiro atoms. The third kappa shape index (κ3) is 2.69. The van der Waals surface area contributed by atoms with E-state index in [1.165, 1.54) is 0 Å². The van der Waals surface area contributed by atoms with Crippen molar-refractivity contribution in [1.82, 2.24) is 4.90 Å². The highest BCUT2D eigenvalue weighted by Crippen LogP contribution is 2.28. The lowest BCUT2D eigenvalue weighted by Gasteiger charge is -2.34. The summed E-state index contributed by atoms with van der Waals surface area (Å²) in [6.45, 7) is 2.85. The molecule has 2 N–H and O–H groups in total. The molecule has 1 saturated heterocycles. The molecule has 0 aromatic carbocycles. The van der Waals surface area contributed by atoms with Gasteiger partial charge in [0.2, 0.25) is 5.91 Å². The van der Waals surface area contributed by atoms with Crippen LogP contribution in [0, 0.1) is 5.92 Å². The minimum atomic E-state index is 0.156. The molecule has 2 fully saturated rings. The van der Waals surface area contributed by atoms with Gasteiger partial charge in [-0.05, 0) is 38.1 Å². The Morgan fingerprint density at radius 1 is 1.33 bits per heavy atom. The molecule has 1 heterocycles. The second-order valence-corrected chi connectivity index (χ2v) is 4.59. The zero-order valence-corrected chi connectivity index (χ0v) is 9.15. The van der Waals surface area contributed by atoms with Crippen molar-refractivity contribution in [3.63, 3.8) is 0 Å². The highest BCUT2D eigenvalue weighted by molar-refractivity contribution is 5.77. The number of ether oxygens (including phenoxy) is 1. The van der Waals surface area contributed by atoms with Crippen molar-refractivity contribution < 1.29 is 9.53 Å². The van der Waals surface area contributed by atoms with Crippen molar-refractivity contribution in [2.24, 2.45) is 11.7 Å². The number of likely N-dealkylation sites (tertiary alicyclic amines) is 1. The first-order valence-corrected chi connectivity index (χ1v) is 5.89. The number of carbonyl (C=O) groups is 1. The van der Waals surface area contributed by atoms with Gasteiger partial charge in [-0.15, -0.1) is 0 Å². The monoisotopic (exact) mass is 212 g/mol. The van der Waals surface area contributed by atoms with Gasteiger partial charge in [0.05, 0.1) is 6.10 Å². The highest BCUT2D eigenvalue weighted by atomic mass is 16.5. The maximum atomic E-state index is 11.6. The Kier molecular flexibility index (Phi) is 3.59. The van der Waals surface area contributed by atoms with Crippen LogP contribution in [0.1, 0.15) is 25.7 Å². The lowest BCUT2D eigenvalue weighted by atomic mass is 9.82. The molecule has 15 heavy (non-hydrogen) atoms. The summed E-state index contributed by atoms with van der Waals surface area (Å²) in [4.78, 5) is 13.5. The van der Waals surface area contributed by atoms with E-state index >= 15 is 0 Å². The molecule has 0 atom stereocenters. The molecule has 1 amide bonds. The Hall–Kier alpha value is -0.610. The molecule has 2 aliphatic rings. The fraction of sp³-hybridized carbons (Fsp3) is 0.909. The predicted molar refractivity (Wildman–Crippen MR) is 57.3 cm³/mol. The van der Waals surface area contributed by atoms with Crippen molar-refractivity contribution in [3.05, 3.63) is 0 Å². The van der Waals surface area contributed by atoms with E-state index in [9.17, 15) is 4.79 Å². The predicted octanol–water partition coefficient (Wildman–Crippen LogP) is 0.363. The third-order valence-corrected chi connectivity index (χ3v) is 3.43. The van der Waals surface area contributed by atoms with Gasteiger partial charge in [-0.1, -0.05) is 0 Å². The van der Waals surface area contributed by atoms with Crippen molar-refractivity contribution in [2.45, 2.75) is 31.8 Å². The van der Waals surface area contributed by atoms with Crippen molar-refractivity contribution in [3.8, 4) is 0 Å². The van der Waals surface area contributed by atoms with E-state index in [4.69, 9.17) is 10.5 Å². The van der Waals surface area contributed by atoms with Crippen LogP contribution in [0.3, 0.4) is 0 Å². The SMILES string of the molecule is NCC1CC(OCC(=O)N2CCCC2)C1. The molecule has 4 nitrogen and oxygen atoms in total. The van der Waals surface area contributed by atoms with E-state index in [0.717, 1.165) is 45.3 Å². The van der Waals surface area contributed by atoms with Gasteiger partial charge < -0.3 is 15.4 Å². The van der Waals surface area contributed by atoms with E-state index < -0.39 is 0 Å². The average Bonchev–Trinajstić information content (AvgIpc) is 2.68. The average molecular weight is 212 g/mol. The second-order valence-electron chi connectivity index (χ2n) is 4.59. The fourth-order valence-electron chi connectivity index (χ4n) is 2.25. The summed E-state index contributed by atoms with van der Waals surface area (Å²) in [6, 6.07) is 0. The Bertz CT molecular complexity index is 221. The van der Waals surface area contributed by atoms with Crippen LogP contribution in [0.4, 0.5) is 0 Å². The molecule has 0 aromatic heterocycles. The van der Waals surface area contributed by atoms with Crippen molar-refractivity contribution in [2.75, 3.05) is 26.2 Å². The molecule has 2 rings (SSSR count). The maximum absolute atomic E-state index is 11.6. The van der Waals surface area contributed by atoms with Gasteiger partial charge in [0, 0.05) is 13.1 Å². The number of nitrogens with two attached hydrogens (primary N) is 1. The van der Waals surface area contributed by atoms with E-state index in [2.05, 4.69) is 0 Å². The van der Waals surface area contributed by atoms with E-state index in [0.29, 0.717) is 5.92 Å². The van der Waals surface area contributed by atoms with Gasteiger partial charge in [0.15, 0.2) is 0 Å². The summed E-state index contributed by atoms with van der Waals surface area (Å²) in [5, 5.41) is 0. The number of rotatable bonds is 4. The van der Waals surface area contributed by atoms with E-state index in [-0.39, 0.29) is 18.6 Å². The Labute approximate surface area is 90.8 Å². The van der Waals surface area contributed by atoms with Crippen LogP contribution in [0.5, 0.6) is 0 Å². The summed E-state index contributed by atoms with van der Waals surface area (Å²) < 4.78 is 5.54. The minimum absolute atomic E-state index is 0.156. The lowest BCUT2D eigenvalue weighted by molar-refractivity contribution is -0.140. The summed E-state index contributed by atoms with van der Waals surface area (Å²) in [6.07, 6.45) is 4.63. The first-order valence-electron chi connectivity index (χ1n) is 5.89. The molecule has 4 heteroatoms. The molecule has 1 aliphatic heterocycles. The number of nitrogens with zero attached hydrogens (tertiary/aromatic N) is 1. The maximum Gasteiger partial charge on any atom is 0.248 e. The van der Waals surface area contributed by atoms with Crippen LogP contribution in [-0.4, -0.2) is 43.2 Å². The Morgan fingerprint density at radius 2 is 2.00 bits per heavy atom. The van der Waals surface area contributed by atoms with Crippen LogP contribution in [0.2, 0.25) is 0 Å². The summed E-state index contributed by atoms with van der Waals surface area (Å²) in [5.41, 5.74) is 5.52. The zero-order chi connectivity index (χ0) is 10.7. The summed E-state index contributed by atoms with van der Waals surface area (Å²) >= 11 is 0. The molecular formula is C11H20N2O2. The number of hydrogen-bond acceptors (Lipinski definition) is 3. The van der Waals surface area contributed by atoms with Gasteiger partial charge in [-0.2, -0.15) is 0 Å². The fourth-order valence-corrected chi connectivity index (χ4v) is 2.25. The standard InChI is InChI=1S/C11H20N2O2/c12-7-9-5-10(6-9)15-8-11(14)13-3-1-2-4-13/h9-10H,1-8,12H2. The topological polar surface area (TPSA) is 55.6 Å². The molecule has 0 unspecified atom stereocenters. The van der Waals surface area contributed by atoms with Crippen LogP contribution in [0.15, 0.2) is 0 Å². The largest absolute Gasteiger partial charge is 0.368 e. The third-order valence-electron chi connectivity index (χ3n) is 3.43. The highest BCUT2D eigenvalue weighted by Gasteiger charge is 2.29. The van der Waals surface area contributed by atoms with E-state index in [1.54, 1.807) is 0 Å².